The molecule has 4 heteroatoms. The Hall–Kier alpha value is -1.06. The largest absolute Gasteiger partial charge is 0.485 e. The van der Waals surface area contributed by atoms with Crippen LogP contribution in [0.4, 0.5) is 0 Å². The number of carbonyl (C=O) groups excluding carboxylic acids is 1. The van der Waals surface area contributed by atoms with Gasteiger partial charge in [-0.05, 0) is 12.1 Å². The zero-order chi connectivity index (χ0) is 9.42. The van der Waals surface area contributed by atoms with Crippen LogP contribution in [0.3, 0.4) is 0 Å². The van der Waals surface area contributed by atoms with Gasteiger partial charge in [0, 0.05) is 10.6 Å². The number of nitrogens with two attached hydrogens (primary N) is 1. The van der Waals surface area contributed by atoms with E-state index in [1.165, 1.54) is 0 Å². The Morgan fingerprint density at radius 2 is 2.31 bits per heavy atom. The first-order valence-electron chi connectivity index (χ1n) is 3.89. The predicted octanol–water partition coefficient (Wildman–Crippen LogP) is 1.30. The van der Waals surface area contributed by atoms with E-state index in [1.807, 2.05) is 0 Å². The minimum atomic E-state index is -0.569. The van der Waals surface area contributed by atoms with Crippen molar-refractivity contribution in [2.75, 3.05) is 6.61 Å². The van der Waals surface area contributed by atoms with Gasteiger partial charge in [-0.1, -0.05) is 17.7 Å². The molecule has 0 aliphatic carbocycles. The summed E-state index contributed by atoms with van der Waals surface area (Å²) in [6.07, 6.45) is 0. The van der Waals surface area contributed by atoms with Crippen molar-refractivity contribution in [2.24, 2.45) is 5.73 Å². The van der Waals surface area contributed by atoms with Crippen LogP contribution < -0.4 is 10.5 Å². The van der Waals surface area contributed by atoms with E-state index in [9.17, 15) is 4.79 Å². The van der Waals surface area contributed by atoms with Gasteiger partial charge in [-0.15, -0.1) is 0 Å². The average molecular weight is 198 g/mol. The lowest BCUT2D eigenvalue weighted by Crippen LogP contribution is -2.31. The number of fused-ring (bicyclic) bond motifs is 1. The van der Waals surface area contributed by atoms with E-state index in [4.69, 9.17) is 22.1 Å². The van der Waals surface area contributed by atoms with Gasteiger partial charge in [0.25, 0.3) is 0 Å². The second-order valence-electron chi connectivity index (χ2n) is 2.91. The van der Waals surface area contributed by atoms with Crippen molar-refractivity contribution in [1.29, 1.82) is 0 Å². The van der Waals surface area contributed by atoms with Crippen molar-refractivity contribution in [3.05, 3.63) is 28.8 Å². The maximum absolute atomic E-state index is 11.2. The Balaban J connectivity index is 2.49. The summed E-state index contributed by atoms with van der Waals surface area (Å²) in [6, 6.07) is 4.52. The molecular formula is C9H8ClNO2. The third-order valence-electron chi connectivity index (χ3n) is 2.03. The quantitative estimate of drug-likeness (QED) is 0.682. The Morgan fingerprint density at radius 3 is 3.08 bits per heavy atom. The second-order valence-corrected chi connectivity index (χ2v) is 3.35. The Kier molecular flexibility index (Phi) is 1.98. The number of rotatable bonds is 0. The molecule has 3 nitrogen and oxygen atoms in total. The monoisotopic (exact) mass is 197 g/mol. The SMILES string of the molecule is NC1C(=O)COc2cc(Cl)ccc21. The Morgan fingerprint density at radius 1 is 1.54 bits per heavy atom. The Bertz CT molecular complexity index is 365. The molecule has 1 aliphatic heterocycles. The third kappa shape index (κ3) is 1.41. The van der Waals surface area contributed by atoms with Crippen LogP contribution in [-0.4, -0.2) is 12.4 Å². The van der Waals surface area contributed by atoms with Crippen LogP contribution in [-0.2, 0) is 4.79 Å². The number of benzene rings is 1. The molecule has 0 saturated carbocycles. The molecule has 0 bridgehead atoms. The van der Waals surface area contributed by atoms with Crippen LogP contribution in [0.15, 0.2) is 18.2 Å². The molecule has 0 spiro atoms. The molecule has 1 aromatic carbocycles. The van der Waals surface area contributed by atoms with E-state index in [-0.39, 0.29) is 12.4 Å². The predicted molar refractivity (Wildman–Crippen MR) is 48.9 cm³/mol. The van der Waals surface area contributed by atoms with E-state index in [0.29, 0.717) is 16.3 Å². The third-order valence-corrected chi connectivity index (χ3v) is 2.26. The first-order valence-corrected chi connectivity index (χ1v) is 4.27. The second kappa shape index (κ2) is 3.01. The molecule has 0 saturated heterocycles. The summed E-state index contributed by atoms with van der Waals surface area (Å²) < 4.78 is 5.17. The molecule has 2 rings (SSSR count). The number of carbonyl (C=O) groups is 1. The summed E-state index contributed by atoms with van der Waals surface area (Å²) >= 11 is 5.76. The van der Waals surface area contributed by atoms with Gasteiger partial charge >= 0.3 is 0 Å². The highest BCUT2D eigenvalue weighted by Gasteiger charge is 2.25. The molecule has 1 aromatic rings. The summed E-state index contributed by atoms with van der Waals surface area (Å²) in [5.74, 6) is 0.509. The molecule has 0 aromatic heterocycles. The fourth-order valence-corrected chi connectivity index (χ4v) is 1.46. The zero-order valence-electron chi connectivity index (χ0n) is 6.79. The van der Waals surface area contributed by atoms with Crippen molar-refractivity contribution < 1.29 is 9.53 Å². The van der Waals surface area contributed by atoms with Crippen LogP contribution in [0, 0.1) is 0 Å². The summed E-state index contributed by atoms with van der Waals surface area (Å²) in [4.78, 5) is 11.2. The first-order chi connectivity index (χ1) is 6.18. The van der Waals surface area contributed by atoms with Gasteiger partial charge < -0.3 is 10.5 Å². The van der Waals surface area contributed by atoms with Crippen molar-refractivity contribution in [1.82, 2.24) is 0 Å². The molecule has 1 heterocycles. The number of ether oxygens (including phenoxy) is 1. The molecule has 0 fully saturated rings. The zero-order valence-corrected chi connectivity index (χ0v) is 7.54. The number of hydrogen-bond donors (Lipinski definition) is 1. The molecule has 68 valence electrons. The molecule has 1 unspecified atom stereocenters. The van der Waals surface area contributed by atoms with Crippen molar-refractivity contribution in [3.8, 4) is 5.75 Å². The lowest BCUT2D eigenvalue weighted by molar-refractivity contribution is -0.123. The maximum atomic E-state index is 11.2. The van der Waals surface area contributed by atoms with Gasteiger partial charge in [-0.3, -0.25) is 4.79 Å². The summed E-state index contributed by atoms with van der Waals surface area (Å²) in [6.45, 7) is 0.0362. The van der Waals surface area contributed by atoms with E-state index in [0.717, 1.165) is 0 Å². The van der Waals surface area contributed by atoms with Gasteiger partial charge in [0.1, 0.15) is 12.4 Å². The van der Waals surface area contributed by atoms with Gasteiger partial charge in [0.2, 0.25) is 0 Å². The number of ketones is 1. The van der Waals surface area contributed by atoms with Crippen molar-refractivity contribution in [3.63, 3.8) is 0 Å². The fraction of sp³-hybridized carbons (Fsp3) is 0.222. The number of Topliss-reactive ketones (excluding diaryl/α,β-unsaturated/α-hetero) is 1. The van der Waals surface area contributed by atoms with E-state index in [1.54, 1.807) is 18.2 Å². The van der Waals surface area contributed by atoms with Gasteiger partial charge in [-0.25, -0.2) is 0 Å². The Labute approximate surface area is 80.4 Å². The maximum Gasteiger partial charge on any atom is 0.191 e. The van der Waals surface area contributed by atoms with Crippen LogP contribution in [0.5, 0.6) is 5.75 Å². The smallest absolute Gasteiger partial charge is 0.191 e. The average Bonchev–Trinajstić information content (AvgIpc) is 2.12. The molecule has 2 N–H and O–H groups in total. The molecule has 13 heavy (non-hydrogen) atoms. The molecule has 1 aliphatic rings. The highest BCUT2D eigenvalue weighted by molar-refractivity contribution is 6.30. The molecule has 0 amide bonds. The fourth-order valence-electron chi connectivity index (χ4n) is 1.30. The van der Waals surface area contributed by atoms with E-state index >= 15 is 0 Å². The molecule has 0 radical (unpaired) electrons. The molecule has 1 atom stereocenters. The van der Waals surface area contributed by atoms with E-state index in [2.05, 4.69) is 0 Å². The van der Waals surface area contributed by atoms with Crippen LogP contribution in [0.1, 0.15) is 11.6 Å². The minimum Gasteiger partial charge on any atom is -0.485 e. The van der Waals surface area contributed by atoms with Crippen LogP contribution >= 0.6 is 11.6 Å². The van der Waals surface area contributed by atoms with Crippen LogP contribution in [0.25, 0.3) is 0 Å². The van der Waals surface area contributed by atoms with E-state index < -0.39 is 6.04 Å². The highest BCUT2D eigenvalue weighted by atomic mass is 35.5. The standard InChI is InChI=1S/C9H8ClNO2/c10-5-1-2-6-8(3-5)13-4-7(12)9(6)11/h1-3,9H,4,11H2. The topological polar surface area (TPSA) is 52.3 Å². The summed E-state index contributed by atoms with van der Waals surface area (Å²) in [5, 5.41) is 0.584. The number of hydrogen-bond acceptors (Lipinski definition) is 3. The minimum absolute atomic E-state index is 0.0362. The van der Waals surface area contributed by atoms with Gasteiger partial charge in [0.05, 0.1) is 6.04 Å². The van der Waals surface area contributed by atoms with Crippen molar-refractivity contribution >= 4 is 17.4 Å². The number of halogens is 1. The lowest BCUT2D eigenvalue weighted by Gasteiger charge is -2.21. The van der Waals surface area contributed by atoms with Crippen molar-refractivity contribution in [2.45, 2.75) is 6.04 Å². The van der Waals surface area contributed by atoms with Gasteiger partial charge in [0.15, 0.2) is 5.78 Å². The summed E-state index contributed by atoms with van der Waals surface area (Å²) in [7, 11) is 0. The van der Waals surface area contributed by atoms with Crippen LogP contribution in [0.2, 0.25) is 5.02 Å². The lowest BCUT2D eigenvalue weighted by atomic mass is 10.0. The summed E-state index contributed by atoms with van der Waals surface area (Å²) in [5.41, 5.74) is 6.38. The molecular weight excluding hydrogens is 190 g/mol. The first kappa shape index (κ1) is 8.53. The highest BCUT2D eigenvalue weighted by Crippen LogP contribution is 2.30. The van der Waals surface area contributed by atoms with Gasteiger partial charge in [-0.2, -0.15) is 0 Å². The normalized spacial score (nSPS) is 20.8.